The van der Waals surface area contributed by atoms with Crippen LogP contribution in [0.3, 0.4) is 0 Å². The zero-order chi connectivity index (χ0) is 62.6. The number of ether oxygens (including phenoxy) is 1. The largest absolute Gasteiger partial charge is 0.480 e. The van der Waals surface area contributed by atoms with Gasteiger partial charge in [-0.3, -0.25) is 33.4 Å². The lowest BCUT2D eigenvalue weighted by Crippen LogP contribution is -2.45. The minimum Gasteiger partial charge on any atom is -0.480 e. The first kappa shape index (κ1) is 60.6. The van der Waals surface area contributed by atoms with Gasteiger partial charge in [-0.1, -0.05) is 6.07 Å². The van der Waals surface area contributed by atoms with Crippen LogP contribution in [0.15, 0.2) is 75.4 Å². The summed E-state index contributed by atoms with van der Waals surface area (Å²) in [6, 6.07) is 10.5. The van der Waals surface area contributed by atoms with Gasteiger partial charge in [0.15, 0.2) is 11.2 Å². The Kier molecular flexibility index (Phi) is 16.6. The number of nitrogens with zero attached hydrogens (tertiary/aromatic N) is 6. The van der Waals surface area contributed by atoms with Crippen LogP contribution in [0.1, 0.15) is 100 Å². The third-order valence-corrected chi connectivity index (χ3v) is 20.5. The predicted octanol–water partition coefficient (Wildman–Crippen LogP) is 1.69. The number of benzene rings is 4. The number of aliphatic carboxylic acids is 2. The number of fused-ring (bicyclic) bond motifs is 5. The Balaban J connectivity index is 0.671. The number of aromatic nitrogens is 4. The second-order valence-corrected chi connectivity index (χ2v) is 27.2. The summed E-state index contributed by atoms with van der Waals surface area (Å²) in [6.07, 6.45) is 6.88. The number of hydrogen-bond donors (Lipinski definition) is 8. The van der Waals surface area contributed by atoms with Gasteiger partial charge in [-0.2, -0.15) is 8.42 Å². The van der Waals surface area contributed by atoms with Crippen molar-refractivity contribution in [2.75, 3.05) is 55.2 Å². The second kappa shape index (κ2) is 24.4. The first-order valence-corrected chi connectivity index (χ1v) is 33.2. The fraction of sp³-hybridized carbons (Fsp3) is 0.383. The van der Waals surface area contributed by atoms with Crippen LogP contribution >= 0.6 is 11.8 Å². The van der Waals surface area contributed by atoms with E-state index in [-0.39, 0.29) is 35.3 Å². The molecule has 29 heteroatoms. The van der Waals surface area contributed by atoms with Crippen molar-refractivity contribution in [1.82, 2.24) is 44.8 Å². The summed E-state index contributed by atoms with van der Waals surface area (Å²) in [5.41, 5.74) is 7.61. The van der Waals surface area contributed by atoms with E-state index in [9.17, 15) is 65.2 Å². The molecule has 4 amide bonds. The Morgan fingerprint density at radius 2 is 1.57 bits per heavy atom. The maximum absolute atomic E-state index is 14.0. The molecular formula is C60H62N11O15S3+. The van der Waals surface area contributed by atoms with E-state index in [2.05, 4.69) is 62.2 Å². The molecule has 6 aliphatic rings. The summed E-state index contributed by atoms with van der Waals surface area (Å²) in [6.45, 7) is 4.47. The number of imide groups is 1. The molecule has 3 atom stereocenters. The number of sulfonamides is 1. The normalized spacial score (nSPS) is 17.4. The minimum atomic E-state index is -5.12. The van der Waals surface area contributed by atoms with Gasteiger partial charge in [0, 0.05) is 108 Å². The van der Waals surface area contributed by atoms with Crippen molar-refractivity contribution in [1.29, 1.82) is 0 Å². The Hall–Kier alpha value is -8.64. The average Bonchev–Trinajstić information content (AvgIpc) is 1.07. The highest BCUT2D eigenvalue weighted by Crippen LogP contribution is 2.49. The van der Waals surface area contributed by atoms with Crippen molar-refractivity contribution in [3.8, 4) is 11.5 Å². The molecule has 26 nitrogen and oxygen atoms in total. The highest BCUT2D eigenvalue weighted by atomic mass is 32.2. The maximum atomic E-state index is 14.0. The molecule has 6 aromatic rings. The fourth-order valence-electron chi connectivity index (χ4n) is 12.8. The van der Waals surface area contributed by atoms with Crippen LogP contribution in [0.5, 0.6) is 11.5 Å². The lowest BCUT2D eigenvalue weighted by atomic mass is 9.82. The van der Waals surface area contributed by atoms with Crippen LogP contribution in [-0.4, -0.2) is 154 Å². The molecule has 0 radical (unpaired) electrons. The number of amides is 4. The molecule has 8 N–H and O–H groups in total. The van der Waals surface area contributed by atoms with Crippen LogP contribution < -0.4 is 51.0 Å². The molecule has 4 aromatic carbocycles. The number of aromatic amines is 1. The fourth-order valence-corrected chi connectivity index (χ4v) is 15.8. The summed E-state index contributed by atoms with van der Waals surface area (Å²) in [7, 11) is -9.71. The molecular weight excluding hydrogens is 1210 g/mol. The maximum Gasteiger partial charge on any atom is 0.327 e. The molecule has 0 saturated carbocycles. The first-order valence-electron chi connectivity index (χ1n) is 29.2. The van der Waals surface area contributed by atoms with Crippen molar-refractivity contribution in [2.45, 2.75) is 111 Å². The molecule has 0 aliphatic carbocycles. The molecule has 464 valence electrons. The number of carboxylic acid groups (broad SMARTS) is 2. The van der Waals surface area contributed by atoms with Gasteiger partial charge in [-0.05, 0) is 106 Å². The number of rotatable bonds is 21. The number of carboxylic acids is 2. The molecule has 0 bridgehead atoms. The SMILES string of the molecule is Cc1nc2ncc(CNc3ccc(C(=O)NC(CCC(=O)NC(CSC4CC(=O)N(CCNS(=O)(=O)c5ccc(C6=c7cc8c9c(c7Oc7c6cc6c%10c7CCCN%10CCC6)CCC[N+]=9CCC8)c(S(=O)(=O)O)c5)C4=O)C(=O)O)C(=O)O)cc3)nc2c(=O)[nH]1. The molecule has 0 spiro atoms. The molecule has 2 aromatic heterocycles. The van der Waals surface area contributed by atoms with E-state index in [4.69, 9.17) is 4.74 Å². The molecule has 1 saturated heterocycles. The van der Waals surface area contributed by atoms with Gasteiger partial charge in [0.2, 0.25) is 33.1 Å². The van der Waals surface area contributed by atoms with E-state index < -0.39 is 120 Å². The Morgan fingerprint density at radius 3 is 2.33 bits per heavy atom. The van der Waals surface area contributed by atoms with E-state index >= 15 is 0 Å². The standard InChI is InChI=1S/C60H61N11O15S3/c1-31-64-55-50(57(75)65-31)66-36(29-62-55)28-61-35-12-10-32(11-13-35)56(74)68-43(59(77)78)16-17-47(72)67-44(60(79)80)30-87-45-27-48(73)71(58(45)76)23-18-63-88(81,82)37-14-15-38(46(26-37)89(83,84)85)49-41-24-33-6-2-19-69-21-4-8-39(51(33)69)53(41)86-54-40-9-5-22-70-20-3-7-34(52(40)70)25-42(49)54/h10-15,24-26,29,43-45,63H,2-9,16-23,27-28,30H2,1H3,(H6-,61,62,64,65,67,68,72,74,75,77,78,79,80,83,84,85)/p+1. The highest BCUT2D eigenvalue weighted by Gasteiger charge is 2.41. The third-order valence-electron chi connectivity index (χ3n) is 16.9. The lowest BCUT2D eigenvalue weighted by molar-refractivity contribution is -0.142. The van der Waals surface area contributed by atoms with Gasteiger partial charge in [-0.15, -0.1) is 11.8 Å². The number of carbonyl (C=O) groups excluding carboxylic acids is 4. The summed E-state index contributed by atoms with van der Waals surface area (Å²) >= 11 is 0.768. The number of nitrogens with one attached hydrogen (secondary N) is 5. The Labute approximate surface area is 513 Å². The Bertz CT molecular complexity index is 4440. The van der Waals surface area contributed by atoms with Crippen molar-refractivity contribution in [2.24, 2.45) is 0 Å². The van der Waals surface area contributed by atoms with Gasteiger partial charge in [0.05, 0.1) is 34.1 Å². The molecule has 1 fully saturated rings. The van der Waals surface area contributed by atoms with Crippen molar-refractivity contribution in [3.63, 3.8) is 0 Å². The average molecular weight is 1270 g/mol. The Morgan fingerprint density at radius 1 is 0.843 bits per heavy atom. The number of thioether (sulfide) groups is 1. The lowest BCUT2D eigenvalue weighted by Gasteiger charge is -2.39. The molecule has 8 heterocycles. The number of carbonyl (C=O) groups is 6. The van der Waals surface area contributed by atoms with Crippen molar-refractivity contribution < 1.29 is 65.1 Å². The highest BCUT2D eigenvalue weighted by molar-refractivity contribution is 8.00. The summed E-state index contributed by atoms with van der Waals surface area (Å²) < 4.78 is 78.2. The van der Waals surface area contributed by atoms with Gasteiger partial charge < -0.3 is 40.8 Å². The number of hydrogen-bond acceptors (Lipinski definition) is 18. The van der Waals surface area contributed by atoms with Crippen LogP contribution in [0.4, 0.5) is 11.4 Å². The van der Waals surface area contributed by atoms with Crippen molar-refractivity contribution in [3.05, 3.63) is 132 Å². The topological polar surface area (TPSA) is 370 Å². The van der Waals surface area contributed by atoms with E-state index in [0.717, 1.165) is 134 Å². The number of likely N-dealkylation sites (tertiary alicyclic amines) is 1. The van der Waals surface area contributed by atoms with Crippen LogP contribution in [0.2, 0.25) is 0 Å². The number of H-pyrrole nitrogens is 1. The molecule has 3 unspecified atom stereocenters. The zero-order valence-electron chi connectivity index (χ0n) is 48.1. The number of aryl methyl sites for hydroxylation is 3. The van der Waals surface area contributed by atoms with Gasteiger partial charge in [-0.25, -0.2) is 42.3 Å². The monoisotopic (exact) mass is 1270 g/mol. The van der Waals surface area contributed by atoms with E-state index in [1.165, 1.54) is 30.5 Å². The first-order chi connectivity index (χ1) is 42.6. The predicted molar refractivity (Wildman–Crippen MR) is 323 cm³/mol. The molecule has 6 aliphatic heterocycles. The van der Waals surface area contributed by atoms with E-state index in [1.54, 1.807) is 19.1 Å². The minimum absolute atomic E-state index is 0.0729. The van der Waals surface area contributed by atoms with Gasteiger partial charge in [0.25, 0.3) is 21.6 Å². The zero-order valence-corrected chi connectivity index (χ0v) is 50.5. The second-order valence-electron chi connectivity index (χ2n) is 22.8. The van der Waals surface area contributed by atoms with Gasteiger partial charge in [0.1, 0.15) is 47.4 Å². The van der Waals surface area contributed by atoms with E-state index in [0.29, 0.717) is 45.1 Å². The summed E-state index contributed by atoms with van der Waals surface area (Å²) in [5.74, 6) is -4.78. The third kappa shape index (κ3) is 12.2. The van der Waals surface area contributed by atoms with Crippen LogP contribution in [0.25, 0.3) is 16.7 Å². The summed E-state index contributed by atoms with van der Waals surface area (Å²) in [4.78, 5) is 107. The smallest absolute Gasteiger partial charge is 0.327 e. The number of anilines is 2. The van der Waals surface area contributed by atoms with Crippen molar-refractivity contribution >= 4 is 95.6 Å². The quantitative estimate of drug-likeness (QED) is 0.0288. The summed E-state index contributed by atoms with van der Waals surface area (Å²) in [5, 5.41) is 28.3. The van der Waals surface area contributed by atoms with E-state index in [1.807, 2.05) is 0 Å². The van der Waals surface area contributed by atoms with Crippen LogP contribution in [0, 0.1) is 6.92 Å². The van der Waals surface area contributed by atoms with Gasteiger partial charge >= 0.3 is 11.9 Å². The molecule has 89 heavy (non-hydrogen) atoms. The van der Waals surface area contributed by atoms with Crippen LogP contribution in [-0.2, 0) is 76.3 Å². The molecule has 12 rings (SSSR count).